The number of carbonyl (C=O) groups is 1. The topological polar surface area (TPSA) is 76.8 Å². The number of aryl methyl sites for hydroxylation is 2. The van der Waals surface area contributed by atoms with Crippen LogP contribution in [0, 0.1) is 13.8 Å². The van der Waals surface area contributed by atoms with Crippen molar-refractivity contribution in [1.29, 1.82) is 0 Å². The molecule has 1 saturated heterocycles. The van der Waals surface area contributed by atoms with Crippen LogP contribution in [0.25, 0.3) is 0 Å². The quantitative estimate of drug-likeness (QED) is 0.579. The monoisotopic (exact) mass is 435 g/mol. The van der Waals surface area contributed by atoms with Gasteiger partial charge in [0.2, 0.25) is 0 Å². The van der Waals surface area contributed by atoms with E-state index in [9.17, 15) is 4.79 Å². The normalized spacial score (nSPS) is 16.2. The lowest BCUT2D eigenvalue weighted by Gasteiger charge is -2.17. The predicted molar refractivity (Wildman–Crippen MR) is 121 cm³/mol. The average molecular weight is 436 g/mol. The van der Waals surface area contributed by atoms with E-state index in [2.05, 4.69) is 39.6 Å². The second-order valence-corrected chi connectivity index (χ2v) is 8.14. The summed E-state index contributed by atoms with van der Waals surface area (Å²) in [5.41, 5.74) is 3.55. The summed E-state index contributed by atoms with van der Waals surface area (Å²) in [5.74, 6) is 1.71. The van der Waals surface area contributed by atoms with Crippen molar-refractivity contribution in [1.82, 2.24) is 15.4 Å². The van der Waals surface area contributed by atoms with Gasteiger partial charge >= 0.3 is 0 Å². The van der Waals surface area contributed by atoms with Gasteiger partial charge < -0.3 is 19.3 Å². The molecule has 0 bridgehead atoms. The fourth-order valence-electron chi connectivity index (χ4n) is 3.99. The maximum absolute atomic E-state index is 12.8. The van der Waals surface area contributed by atoms with Crippen molar-refractivity contribution < 1.29 is 18.8 Å². The van der Waals surface area contributed by atoms with E-state index in [0.717, 1.165) is 43.1 Å². The molecule has 1 aliphatic heterocycles. The van der Waals surface area contributed by atoms with Crippen molar-refractivity contribution in [3.8, 4) is 11.5 Å². The number of benzene rings is 2. The Kier molecular flexibility index (Phi) is 6.75. The molecule has 1 aliphatic rings. The standard InChI is InChI=1S/C25H29N3O4/c1-17-22(18(2)32-27-17)16-31-23-10-9-20(13-24(23)30-3)25(29)26-21-11-12-28(15-21)14-19-7-5-4-6-8-19/h4-10,13,21H,11-12,14-16H2,1-3H3,(H,26,29). The van der Waals surface area contributed by atoms with E-state index in [1.807, 2.05) is 19.9 Å². The van der Waals surface area contributed by atoms with Gasteiger partial charge in [-0.25, -0.2) is 0 Å². The molecule has 168 valence electrons. The summed E-state index contributed by atoms with van der Waals surface area (Å²) in [6.07, 6.45) is 0.939. The molecule has 0 spiro atoms. The number of hydrogen-bond acceptors (Lipinski definition) is 6. The summed E-state index contributed by atoms with van der Waals surface area (Å²) in [4.78, 5) is 15.2. The largest absolute Gasteiger partial charge is 0.493 e. The zero-order chi connectivity index (χ0) is 22.5. The van der Waals surface area contributed by atoms with E-state index in [0.29, 0.717) is 23.7 Å². The third-order valence-corrected chi connectivity index (χ3v) is 5.84. The molecule has 3 aromatic rings. The number of nitrogens with zero attached hydrogens (tertiary/aromatic N) is 2. The van der Waals surface area contributed by atoms with Gasteiger partial charge in [-0.15, -0.1) is 0 Å². The van der Waals surface area contributed by atoms with Crippen LogP contribution in [0.1, 0.15) is 39.4 Å². The van der Waals surface area contributed by atoms with Gasteiger partial charge in [0.25, 0.3) is 5.91 Å². The molecule has 32 heavy (non-hydrogen) atoms. The Morgan fingerprint density at radius 1 is 1.19 bits per heavy atom. The molecular weight excluding hydrogens is 406 g/mol. The Bertz CT molecular complexity index is 1040. The molecular formula is C25H29N3O4. The molecule has 1 N–H and O–H groups in total. The van der Waals surface area contributed by atoms with Crippen LogP contribution in [-0.4, -0.2) is 42.2 Å². The third kappa shape index (κ3) is 5.11. The Morgan fingerprint density at radius 2 is 2.00 bits per heavy atom. The summed E-state index contributed by atoms with van der Waals surface area (Å²) in [5, 5.41) is 7.10. The van der Waals surface area contributed by atoms with Crippen LogP contribution in [0.2, 0.25) is 0 Å². The minimum Gasteiger partial charge on any atom is -0.493 e. The van der Waals surface area contributed by atoms with Crippen LogP contribution in [0.4, 0.5) is 0 Å². The van der Waals surface area contributed by atoms with Crippen LogP contribution in [0.15, 0.2) is 53.1 Å². The first-order valence-corrected chi connectivity index (χ1v) is 10.8. The molecule has 0 saturated carbocycles. The highest BCUT2D eigenvalue weighted by Crippen LogP contribution is 2.29. The predicted octanol–water partition coefficient (Wildman–Crippen LogP) is 3.88. The number of methoxy groups -OCH3 is 1. The second kappa shape index (κ2) is 9.87. The fourth-order valence-corrected chi connectivity index (χ4v) is 3.99. The number of hydrogen-bond donors (Lipinski definition) is 1. The molecule has 0 aliphatic carbocycles. The molecule has 2 aromatic carbocycles. The molecule has 0 radical (unpaired) electrons. The van der Waals surface area contributed by atoms with Gasteiger partial charge in [-0.3, -0.25) is 9.69 Å². The minimum atomic E-state index is -0.105. The van der Waals surface area contributed by atoms with Gasteiger partial charge in [0.05, 0.1) is 18.4 Å². The van der Waals surface area contributed by atoms with Crippen LogP contribution >= 0.6 is 0 Å². The molecule has 7 heteroatoms. The first kappa shape index (κ1) is 21.9. The molecule has 2 heterocycles. The summed E-state index contributed by atoms with van der Waals surface area (Å²) in [6.45, 7) is 6.77. The number of carbonyl (C=O) groups excluding carboxylic acids is 1. The zero-order valence-corrected chi connectivity index (χ0v) is 18.8. The molecule has 1 fully saturated rings. The van der Waals surface area contributed by atoms with E-state index in [4.69, 9.17) is 14.0 Å². The molecule has 1 amide bonds. The van der Waals surface area contributed by atoms with Crippen molar-refractivity contribution in [3.05, 3.63) is 76.7 Å². The van der Waals surface area contributed by atoms with Crippen LogP contribution in [-0.2, 0) is 13.2 Å². The van der Waals surface area contributed by atoms with Gasteiger partial charge in [0, 0.05) is 31.2 Å². The summed E-state index contributed by atoms with van der Waals surface area (Å²) in [7, 11) is 1.57. The Morgan fingerprint density at radius 3 is 2.72 bits per heavy atom. The van der Waals surface area contributed by atoms with Crippen molar-refractivity contribution in [2.45, 2.75) is 39.5 Å². The Labute approximate surface area is 188 Å². The number of likely N-dealkylation sites (tertiary alicyclic amines) is 1. The molecule has 1 atom stereocenters. The fraction of sp³-hybridized carbons (Fsp3) is 0.360. The van der Waals surface area contributed by atoms with Crippen molar-refractivity contribution in [2.75, 3.05) is 20.2 Å². The lowest BCUT2D eigenvalue weighted by atomic mass is 10.1. The molecule has 1 unspecified atom stereocenters. The molecule has 1 aromatic heterocycles. The number of amides is 1. The van der Waals surface area contributed by atoms with Crippen molar-refractivity contribution in [2.24, 2.45) is 0 Å². The van der Waals surface area contributed by atoms with Gasteiger partial charge in [-0.05, 0) is 44.0 Å². The van der Waals surface area contributed by atoms with E-state index in [1.165, 1.54) is 5.56 Å². The first-order valence-electron chi connectivity index (χ1n) is 10.8. The molecule has 4 rings (SSSR count). The van der Waals surface area contributed by atoms with Gasteiger partial charge in [0.1, 0.15) is 12.4 Å². The summed E-state index contributed by atoms with van der Waals surface area (Å²) in [6, 6.07) is 15.8. The first-order chi connectivity index (χ1) is 15.5. The highest BCUT2D eigenvalue weighted by atomic mass is 16.5. The second-order valence-electron chi connectivity index (χ2n) is 8.14. The number of nitrogens with one attached hydrogen (secondary N) is 1. The lowest BCUT2D eigenvalue weighted by Crippen LogP contribution is -2.37. The SMILES string of the molecule is COc1cc(C(=O)NC2CCN(Cc3ccccc3)C2)ccc1OCc1c(C)noc1C. The number of aromatic nitrogens is 1. The Hall–Kier alpha value is -3.32. The zero-order valence-electron chi connectivity index (χ0n) is 18.8. The summed E-state index contributed by atoms with van der Waals surface area (Å²) < 4.78 is 16.6. The van der Waals surface area contributed by atoms with E-state index < -0.39 is 0 Å². The number of ether oxygens (including phenoxy) is 2. The highest BCUT2D eigenvalue weighted by molar-refractivity contribution is 5.95. The highest BCUT2D eigenvalue weighted by Gasteiger charge is 2.24. The van der Waals surface area contributed by atoms with Gasteiger partial charge in [-0.1, -0.05) is 35.5 Å². The smallest absolute Gasteiger partial charge is 0.251 e. The van der Waals surface area contributed by atoms with E-state index in [1.54, 1.807) is 25.3 Å². The minimum absolute atomic E-state index is 0.105. The van der Waals surface area contributed by atoms with Crippen LogP contribution in [0.5, 0.6) is 11.5 Å². The van der Waals surface area contributed by atoms with Gasteiger partial charge in [-0.2, -0.15) is 0 Å². The van der Waals surface area contributed by atoms with Crippen molar-refractivity contribution in [3.63, 3.8) is 0 Å². The average Bonchev–Trinajstić information content (AvgIpc) is 3.38. The summed E-state index contributed by atoms with van der Waals surface area (Å²) >= 11 is 0. The maximum Gasteiger partial charge on any atom is 0.251 e. The molecule has 7 nitrogen and oxygen atoms in total. The van der Waals surface area contributed by atoms with Gasteiger partial charge in [0.15, 0.2) is 11.5 Å². The number of rotatable bonds is 8. The van der Waals surface area contributed by atoms with E-state index in [-0.39, 0.29) is 11.9 Å². The Balaban J connectivity index is 1.34. The maximum atomic E-state index is 12.8. The van der Waals surface area contributed by atoms with E-state index >= 15 is 0 Å². The lowest BCUT2D eigenvalue weighted by molar-refractivity contribution is 0.0937. The van der Waals surface area contributed by atoms with Crippen LogP contribution in [0.3, 0.4) is 0 Å². The van der Waals surface area contributed by atoms with Crippen LogP contribution < -0.4 is 14.8 Å². The third-order valence-electron chi connectivity index (χ3n) is 5.84. The van der Waals surface area contributed by atoms with Crippen molar-refractivity contribution >= 4 is 5.91 Å².